The summed E-state index contributed by atoms with van der Waals surface area (Å²) in [6, 6.07) is 0. The summed E-state index contributed by atoms with van der Waals surface area (Å²) in [6.45, 7) is 2.34. The monoisotopic (exact) mass is 387 g/mol. The molecule has 3 rings (SSSR count). The fourth-order valence-electron chi connectivity index (χ4n) is 2.90. The number of carbonyl (C=O) groups is 2. The van der Waals surface area contributed by atoms with Crippen LogP contribution in [-0.2, 0) is 4.79 Å². The summed E-state index contributed by atoms with van der Waals surface area (Å²) >= 11 is 0. The van der Waals surface area contributed by atoms with Crippen LogP contribution in [0.1, 0.15) is 16.9 Å². The molecule has 0 saturated carbocycles. The van der Waals surface area contributed by atoms with E-state index in [0.717, 1.165) is 0 Å². The lowest BCUT2D eigenvalue weighted by Crippen LogP contribution is -2.49. The molecule has 1 aliphatic rings. The third kappa shape index (κ3) is 4.23. The van der Waals surface area contributed by atoms with Crippen molar-refractivity contribution in [1.82, 2.24) is 24.8 Å². The van der Waals surface area contributed by atoms with Gasteiger partial charge in [-0.1, -0.05) is 0 Å². The first-order valence-corrected chi connectivity index (χ1v) is 8.69. The number of nitrogens with zero attached hydrogens (tertiary/aromatic N) is 5. The van der Waals surface area contributed by atoms with Gasteiger partial charge < -0.3 is 26.6 Å². The number of H-pyrrole nitrogens is 1. The predicted octanol–water partition coefficient (Wildman–Crippen LogP) is -1.61. The average Bonchev–Trinajstić information content (AvgIpc) is 2.69. The van der Waals surface area contributed by atoms with Crippen LogP contribution in [0.2, 0.25) is 0 Å². The number of piperazine rings is 1. The molecule has 0 atom stereocenters. The summed E-state index contributed by atoms with van der Waals surface area (Å²) in [7, 11) is 0. The van der Waals surface area contributed by atoms with E-state index in [9.17, 15) is 14.4 Å². The van der Waals surface area contributed by atoms with Crippen molar-refractivity contribution in [3.8, 4) is 0 Å². The second kappa shape index (κ2) is 8.43. The Balaban J connectivity index is 1.77. The third-order valence-corrected chi connectivity index (χ3v) is 4.30. The minimum Gasteiger partial charge on any atom is -0.382 e. The lowest BCUT2D eigenvalue weighted by Gasteiger charge is -2.36. The first kappa shape index (κ1) is 19.2. The van der Waals surface area contributed by atoms with Gasteiger partial charge in [-0.2, -0.15) is 4.98 Å². The van der Waals surface area contributed by atoms with Gasteiger partial charge in [0.1, 0.15) is 5.82 Å². The molecule has 12 heteroatoms. The summed E-state index contributed by atoms with van der Waals surface area (Å²) in [4.78, 5) is 53.8. The molecule has 0 spiro atoms. The molecule has 2 aromatic heterocycles. The quantitative estimate of drug-likeness (QED) is 0.470. The number of nitrogens with two attached hydrogens (primary N) is 2. The largest absolute Gasteiger partial charge is 0.382 e. The SMILES string of the molecule is NCCC(=O)N1CCN(c2cnc(=O)[nH]c2NC(=O)c2nccnc2N)CC1. The number of hydrogen-bond acceptors (Lipinski definition) is 9. The normalized spacial score (nSPS) is 14.0. The van der Waals surface area contributed by atoms with Gasteiger partial charge in [0.05, 0.1) is 11.9 Å². The highest BCUT2D eigenvalue weighted by Crippen LogP contribution is 2.23. The Hall–Kier alpha value is -3.54. The molecular formula is C16H21N9O3. The van der Waals surface area contributed by atoms with Gasteiger partial charge in [-0.05, 0) is 0 Å². The highest BCUT2D eigenvalue weighted by atomic mass is 16.2. The van der Waals surface area contributed by atoms with Crippen LogP contribution in [-0.4, -0.2) is 69.4 Å². The Morgan fingerprint density at radius 1 is 1.14 bits per heavy atom. The van der Waals surface area contributed by atoms with E-state index in [1.807, 2.05) is 4.90 Å². The summed E-state index contributed by atoms with van der Waals surface area (Å²) < 4.78 is 0. The smallest absolute Gasteiger partial charge is 0.346 e. The predicted molar refractivity (Wildman–Crippen MR) is 102 cm³/mol. The topological polar surface area (TPSA) is 176 Å². The zero-order valence-corrected chi connectivity index (χ0v) is 15.1. The van der Waals surface area contributed by atoms with Crippen molar-refractivity contribution in [3.05, 3.63) is 34.8 Å². The lowest BCUT2D eigenvalue weighted by atomic mass is 10.2. The maximum atomic E-state index is 12.5. The van der Waals surface area contributed by atoms with Gasteiger partial charge in [-0.25, -0.2) is 14.8 Å². The molecule has 0 bridgehead atoms. The zero-order valence-electron chi connectivity index (χ0n) is 15.1. The summed E-state index contributed by atoms with van der Waals surface area (Å²) in [5, 5.41) is 2.60. The van der Waals surface area contributed by atoms with Crippen molar-refractivity contribution < 1.29 is 9.59 Å². The van der Waals surface area contributed by atoms with Crippen LogP contribution in [0.5, 0.6) is 0 Å². The van der Waals surface area contributed by atoms with E-state index in [1.54, 1.807) is 4.90 Å². The van der Waals surface area contributed by atoms with Crippen LogP contribution >= 0.6 is 0 Å². The van der Waals surface area contributed by atoms with Crippen LogP contribution in [0, 0.1) is 0 Å². The maximum Gasteiger partial charge on any atom is 0.346 e. The number of nitrogen functional groups attached to an aromatic ring is 1. The van der Waals surface area contributed by atoms with E-state index in [1.165, 1.54) is 18.6 Å². The van der Waals surface area contributed by atoms with E-state index in [-0.39, 0.29) is 23.2 Å². The second-order valence-corrected chi connectivity index (χ2v) is 6.10. The van der Waals surface area contributed by atoms with E-state index in [2.05, 4.69) is 25.3 Å². The van der Waals surface area contributed by atoms with Crippen molar-refractivity contribution in [2.75, 3.05) is 48.7 Å². The van der Waals surface area contributed by atoms with Crippen LogP contribution in [0.25, 0.3) is 0 Å². The van der Waals surface area contributed by atoms with Crippen LogP contribution in [0.15, 0.2) is 23.4 Å². The number of nitrogens with one attached hydrogen (secondary N) is 2. The molecule has 0 unspecified atom stereocenters. The first-order valence-electron chi connectivity index (χ1n) is 8.69. The Kier molecular flexibility index (Phi) is 5.79. The summed E-state index contributed by atoms with van der Waals surface area (Å²) in [5.41, 5.74) is 11.0. The molecule has 6 N–H and O–H groups in total. The van der Waals surface area contributed by atoms with Crippen molar-refractivity contribution in [2.24, 2.45) is 5.73 Å². The van der Waals surface area contributed by atoms with E-state index < -0.39 is 11.6 Å². The molecule has 0 aliphatic carbocycles. The zero-order chi connectivity index (χ0) is 20.1. The van der Waals surface area contributed by atoms with E-state index >= 15 is 0 Å². The molecule has 2 aromatic rings. The number of carbonyl (C=O) groups excluding carboxylic acids is 2. The van der Waals surface area contributed by atoms with Crippen LogP contribution < -0.4 is 27.4 Å². The number of anilines is 3. The van der Waals surface area contributed by atoms with Crippen molar-refractivity contribution >= 4 is 29.1 Å². The standard InChI is InChI=1S/C16H21N9O3/c17-2-1-11(26)25-7-5-24(6-8-25)10-9-21-16(28)23-14(10)22-15(27)12-13(18)20-4-3-19-12/h3-4,9H,1-2,5-8,17H2,(H2,18,20)(H2,21,22,23,27,28). The number of aromatic amines is 1. The van der Waals surface area contributed by atoms with Crippen molar-refractivity contribution in [1.29, 1.82) is 0 Å². The maximum absolute atomic E-state index is 12.5. The van der Waals surface area contributed by atoms with Gasteiger partial charge in [-0.15, -0.1) is 0 Å². The molecule has 1 fully saturated rings. The molecule has 28 heavy (non-hydrogen) atoms. The van der Waals surface area contributed by atoms with Gasteiger partial charge >= 0.3 is 5.69 Å². The second-order valence-electron chi connectivity index (χ2n) is 6.10. The molecule has 0 radical (unpaired) electrons. The molecular weight excluding hydrogens is 366 g/mol. The minimum atomic E-state index is -0.608. The highest BCUT2D eigenvalue weighted by molar-refractivity contribution is 6.06. The Morgan fingerprint density at radius 3 is 2.54 bits per heavy atom. The van der Waals surface area contributed by atoms with Crippen molar-refractivity contribution in [3.63, 3.8) is 0 Å². The Morgan fingerprint density at radius 2 is 1.86 bits per heavy atom. The molecule has 12 nitrogen and oxygen atoms in total. The number of aromatic nitrogens is 4. The lowest BCUT2D eigenvalue weighted by molar-refractivity contribution is -0.131. The molecule has 1 saturated heterocycles. The van der Waals surface area contributed by atoms with Gasteiger partial charge in [0.2, 0.25) is 5.91 Å². The average molecular weight is 387 g/mol. The fourth-order valence-corrected chi connectivity index (χ4v) is 2.90. The third-order valence-electron chi connectivity index (χ3n) is 4.30. The van der Waals surface area contributed by atoms with E-state index in [4.69, 9.17) is 11.5 Å². The first-order chi connectivity index (χ1) is 13.5. The van der Waals surface area contributed by atoms with Gasteiger partial charge in [-0.3, -0.25) is 14.6 Å². The summed E-state index contributed by atoms with van der Waals surface area (Å²) in [6.07, 6.45) is 4.41. The van der Waals surface area contributed by atoms with Crippen LogP contribution in [0.4, 0.5) is 17.3 Å². The molecule has 1 aliphatic heterocycles. The minimum absolute atomic E-state index is 0.00778. The van der Waals surface area contributed by atoms with Crippen LogP contribution in [0.3, 0.4) is 0 Å². The number of amides is 2. The molecule has 148 valence electrons. The number of hydrogen-bond donors (Lipinski definition) is 4. The molecule has 0 aromatic carbocycles. The Bertz CT molecular complexity index is 922. The number of rotatable bonds is 5. The highest BCUT2D eigenvalue weighted by Gasteiger charge is 2.24. The molecule has 2 amide bonds. The van der Waals surface area contributed by atoms with Gasteiger partial charge in [0.25, 0.3) is 5.91 Å². The Labute approximate surface area is 160 Å². The van der Waals surface area contributed by atoms with Gasteiger partial charge in [0.15, 0.2) is 11.5 Å². The van der Waals surface area contributed by atoms with Crippen molar-refractivity contribution in [2.45, 2.75) is 6.42 Å². The summed E-state index contributed by atoms with van der Waals surface area (Å²) in [5.74, 6) is -0.444. The fraction of sp³-hybridized carbons (Fsp3) is 0.375. The molecule has 3 heterocycles. The van der Waals surface area contributed by atoms with E-state index in [0.29, 0.717) is 44.8 Å². The van der Waals surface area contributed by atoms with Gasteiger partial charge in [0, 0.05) is 51.5 Å².